The lowest BCUT2D eigenvalue weighted by molar-refractivity contribution is 0.00877. The molecule has 1 aromatic heterocycles. The molecule has 0 aliphatic heterocycles. The molecule has 0 spiro atoms. The van der Waals surface area contributed by atoms with E-state index in [1.807, 2.05) is 24.3 Å². The van der Waals surface area contributed by atoms with E-state index >= 15 is 0 Å². The fourth-order valence-corrected chi connectivity index (χ4v) is 4.76. The van der Waals surface area contributed by atoms with Crippen molar-refractivity contribution < 1.29 is 17.9 Å². The molecule has 5 nitrogen and oxygen atoms in total. The lowest BCUT2D eigenvalue weighted by atomic mass is 9.84. The molecule has 2 aromatic rings. The zero-order valence-corrected chi connectivity index (χ0v) is 17.3. The van der Waals surface area contributed by atoms with E-state index in [0.717, 1.165) is 25.7 Å². The molecule has 0 N–H and O–H groups in total. The van der Waals surface area contributed by atoms with Gasteiger partial charge in [-0.2, -0.15) is 0 Å². The van der Waals surface area contributed by atoms with Crippen LogP contribution in [0.2, 0.25) is 0 Å². The maximum Gasteiger partial charge on any atom is 0.338 e. The van der Waals surface area contributed by atoms with Crippen LogP contribution < -0.4 is 0 Å². The van der Waals surface area contributed by atoms with E-state index in [0.29, 0.717) is 17.9 Å². The molecule has 1 unspecified atom stereocenters. The monoisotopic (exact) mass is 413 g/mol. The molecule has 6 heteroatoms. The third-order valence-corrected chi connectivity index (χ3v) is 6.88. The van der Waals surface area contributed by atoms with E-state index in [1.54, 1.807) is 36.5 Å². The Labute approximate surface area is 172 Å². The van der Waals surface area contributed by atoms with Crippen LogP contribution in [0.4, 0.5) is 0 Å². The highest BCUT2D eigenvalue weighted by Crippen LogP contribution is 2.30. The largest absolute Gasteiger partial charge is 0.458 e. The summed E-state index contributed by atoms with van der Waals surface area (Å²) in [6.07, 6.45) is 12.2. The Bertz CT molecular complexity index is 904. The molecule has 1 saturated carbocycles. The Morgan fingerprint density at radius 1 is 1.07 bits per heavy atom. The van der Waals surface area contributed by atoms with Gasteiger partial charge in [0.1, 0.15) is 6.10 Å². The van der Waals surface area contributed by atoms with Crippen LogP contribution >= 0.6 is 0 Å². The second kappa shape index (κ2) is 10.3. The minimum atomic E-state index is -3.41. The fourth-order valence-electron chi connectivity index (χ4n) is 3.67. The average Bonchev–Trinajstić information content (AvgIpc) is 2.77. The smallest absolute Gasteiger partial charge is 0.338 e. The zero-order chi connectivity index (χ0) is 20.5. The van der Waals surface area contributed by atoms with Gasteiger partial charge in [0.25, 0.3) is 0 Å². The van der Waals surface area contributed by atoms with E-state index in [2.05, 4.69) is 4.98 Å². The minimum absolute atomic E-state index is 0.0945. The molecule has 1 aliphatic rings. The van der Waals surface area contributed by atoms with Gasteiger partial charge in [-0.1, -0.05) is 49.6 Å². The summed E-state index contributed by atoms with van der Waals surface area (Å²) in [5, 5.41) is 0. The van der Waals surface area contributed by atoms with E-state index in [9.17, 15) is 13.2 Å². The number of sulfone groups is 1. The standard InChI is InChI=1S/C23H27NO4S/c25-23(20-12-5-2-6-13-20)28-22(19-10-3-1-4-11-19)15-7-8-17-29(26,27)21-14-9-16-24-18-21/h2,5-9,12-14,16,18-19,22H,1,3-4,10-11,15,17H2/b8-7+. The van der Waals surface area contributed by atoms with Crippen LogP contribution in [-0.2, 0) is 14.6 Å². The van der Waals surface area contributed by atoms with Gasteiger partial charge in [0.2, 0.25) is 0 Å². The topological polar surface area (TPSA) is 73.3 Å². The summed E-state index contributed by atoms with van der Waals surface area (Å²) in [7, 11) is -3.41. The molecular formula is C23H27NO4S. The number of rotatable bonds is 8. The van der Waals surface area contributed by atoms with Crippen LogP contribution in [0.1, 0.15) is 48.9 Å². The number of carbonyl (C=O) groups excluding carboxylic acids is 1. The van der Waals surface area contributed by atoms with Crippen molar-refractivity contribution in [1.29, 1.82) is 0 Å². The van der Waals surface area contributed by atoms with Crippen molar-refractivity contribution in [1.82, 2.24) is 4.98 Å². The van der Waals surface area contributed by atoms with Crippen LogP contribution in [0, 0.1) is 5.92 Å². The zero-order valence-electron chi connectivity index (χ0n) is 16.4. The average molecular weight is 414 g/mol. The lowest BCUT2D eigenvalue weighted by Gasteiger charge is -2.29. The third kappa shape index (κ3) is 6.26. The highest BCUT2D eigenvalue weighted by molar-refractivity contribution is 7.91. The fraction of sp³-hybridized carbons (Fsp3) is 0.391. The maximum absolute atomic E-state index is 12.5. The number of benzene rings is 1. The Balaban J connectivity index is 1.63. The van der Waals surface area contributed by atoms with E-state index < -0.39 is 9.84 Å². The van der Waals surface area contributed by atoms with Crippen LogP contribution in [0.25, 0.3) is 0 Å². The summed E-state index contributed by atoms with van der Waals surface area (Å²) in [6, 6.07) is 12.1. The van der Waals surface area contributed by atoms with Gasteiger partial charge in [0.05, 0.1) is 16.2 Å². The Kier molecular flexibility index (Phi) is 7.58. The van der Waals surface area contributed by atoms with Crippen LogP contribution in [0.5, 0.6) is 0 Å². The van der Waals surface area contributed by atoms with Gasteiger partial charge >= 0.3 is 5.97 Å². The van der Waals surface area contributed by atoms with Gasteiger partial charge in [-0.3, -0.25) is 4.98 Å². The minimum Gasteiger partial charge on any atom is -0.458 e. The van der Waals surface area contributed by atoms with Gasteiger partial charge in [-0.25, -0.2) is 13.2 Å². The molecule has 1 atom stereocenters. The molecule has 1 fully saturated rings. The van der Waals surface area contributed by atoms with E-state index in [-0.39, 0.29) is 22.7 Å². The van der Waals surface area contributed by atoms with Crippen molar-refractivity contribution in [3.63, 3.8) is 0 Å². The summed E-state index contributed by atoms with van der Waals surface area (Å²) in [5.41, 5.74) is 0.538. The predicted octanol–water partition coefficient (Wildman–Crippen LogP) is 4.61. The first-order valence-corrected chi connectivity index (χ1v) is 11.8. The first kappa shape index (κ1) is 21.2. The molecule has 0 radical (unpaired) electrons. The Morgan fingerprint density at radius 2 is 1.83 bits per heavy atom. The molecule has 0 amide bonds. The molecule has 1 aliphatic carbocycles. The van der Waals surface area contributed by atoms with Gasteiger partial charge in [-0.15, -0.1) is 0 Å². The quantitative estimate of drug-likeness (QED) is 0.467. The molecule has 0 bridgehead atoms. The summed E-state index contributed by atoms with van der Waals surface area (Å²) in [4.78, 5) is 16.6. The van der Waals surface area contributed by atoms with Crippen LogP contribution in [0.3, 0.4) is 0 Å². The molecule has 29 heavy (non-hydrogen) atoms. The number of ether oxygens (including phenoxy) is 1. The third-order valence-electron chi connectivity index (χ3n) is 5.29. The van der Waals surface area contributed by atoms with Crippen molar-refractivity contribution in [2.45, 2.75) is 49.5 Å². The van der Waals surface area contributed by atoms with Gasteiger partial charge in [0.15, 0.2) is 9.84 Å². The normalized spacial score (nSPS) is 16.6. The molecule has 0 saturated heterocycles. The van der Waals surface area contributed by atoms with E-state index in [1.165, 1.54) is 12.6 Å². The number of nitrogens with zero attached hydrogens (tertiary/aromatic N) is 1. The van der Waals surface area contributed by atoms with Gasteiger partial charge < -0.3 is 4.74 Å². The van der Waals surface area contributed by atoms with Crippen molar-refractivity contribution in [2.75, 3.05) is 5.75 Å². The number of hydrogen-bond donors (Lipinski definition) is 0. The summed E-state index contributed by atoms with van der Waals surface area (Å²) in [6.45, 7) is 0. The molecule has 154 valence electrons. The molecular weight excluding hydrogens is 386 g/mol. The van der Waals surface area contributed by atoms with Gasteiger partial charge in [0, 0.05) is 18.8 Å². The number of aromatic nitrogens is 1. The number of hydrogen-bond acceptors (Lipinski definition) is 5. The summed E-state index contributed by atoms with van der Waals surface area (Å²) >= 11 is 0. The predicted molar refractivity (Wildman–Crippen MR) is 112 cm³/mol. The highest BCUT2D eigenvalue weighted by atomic mass is 32.2. The lowest BCUT2D eigenvalue weighted by Crippen LogP contribution is -2.28. The first-order valence-electron chi connectivity index (χ1n) is 10.1. The summed E-state index contributed by atoms with van der Waals surface area (Å²) in [5.74, 6) is -0.101. The first-order chi connectivity index (χ1) is 14.1. The van der Waals surface area contributed by atoms with Crippen molar-refractivity contribution in [3.05, 3.63) is 72.6 Å². The number of esters is 1. The van der Waals surface area contributed by atoms with E-state index in [4.69, 9.17) is 4.74 Å². The SMILES string of the molecule is O=C(OC(C/C=C/CS(=O)(=O)c1cccnc1)C1CCCCC1)c1ccccc1. The highest BCUT2D eigenvalue weighted by Gasteiger charge is 2.26. The van der Waals surface area contributed by atoms with Crippen molar-refractivity contribution >= 4 is 15.8 Å². The van der Waals surface area contributed by atoms with Crippen LogP contribution in [0.15, 0.2) is 71.9 Å². The number of carbonyl (C=O) groups is 1. The van der Waals surface area contributed by atoms with Gasteiger partial charge in [-0.05, 0) is 43.0 Å². The summed E-state index contributed by atoms with van der Waals surface area (Å²) < 4.78 is 30.6. The van der Waals surface area contributed by atoms with Crippen LogP contribution in [-0.4, -0.2) is 31.2 Å². The Morgan fingerprint density at radius 3 is 2.52 bits per heavy atom. The molecule has 1 aromatic carbocycles. The number of pyridine rings is 1. The molecule has 1 heterocycles. The maximum atomic E-state index is 12.5. The Hall–Kier alpha value is -2.47. The second-order valence-electron chi connectivity index (χ2n) is 7.39. The molecule has 3 rings (SSSR count). The van der Waals surface area contributed by atoms with Crippen molar-refractivity contribution in [2.24, 2.45) is 5.92 Å². The van der Waals surface area contributed by atoms with Crippen molar-refractivity contribution in [3.8, 4) is 0 Å². The second-order valence-corrected chi connectivity index (χ2v) is 9.42.